The Morgan fingerprint density at radius 2 is 1.50 bits per heavy atom. The van der Waals surface area contributed by atoms with E-state index in [2.05, 4.69) is 0 Å². The molecule has 16 heavy (non-hydrogen) atoms. The Morgan fingerprint density at radius 1 is 1.12 bits per heavy atom. The van der Waals surface area contributed by atoms with E-state index in [1.807, 2.05) is 13.8 Å². The molecule has 1 aliphatic rings. The quantitative estimate of drug-likeness (QED) is 0.635. The largest absolute Gasteiger partial charge is 0.330 e. The molecule has 1 fully saturated rings. The van der Waals surface area contributed by atoms with Crippen molar-refractivity contribution in [2.75, 3.05) is 14.1 Å². The molecule has 0 aromatic carbocycles. The lowest BCUT2D eigenvalue weighted by molar-refractivity contribution is -0.144. The average molecular weight is 248 g/mol. The predicted molar refractivity (Wildman–Crippen MR) is 57.4 cm³/mol. The number of hydrogen-bond donors (Lipinski definition) is 0. The normalized spacial score (nSPS) is 22.1. The molecule has 1 heterocycles. The SMILES string of the molecule is CC(C)CC1C(=O)N(C)S(=O)(=O)N(C)C1=O. The van der Waals surface area contributed by atoms with E-state index in [9.17, 15) is 18.0 Å². The molecule has 1 saturated heterocycles. The van der Waals surface area contributed by atoms with Crippen molar-refractivity contribution in [2.24, 2.45) is 11.8 Å². The summed E-state index contributed by atoms with van der Waals surface area (Å²) in [5, 5.41) is 0. The number of amides is 2. The first-order valence-corrected chi connectivity index (χ1v) is 6.39. The summed E-state index contributed by atoms with van der Waals surface area (Å²) in [7, 11) is -1.59. The van der Waals surface area contributed by atoms with E-state index in [1.165, 1.54) is 14.1 Å². The van der Waals surface area contributed by atoms with E-state index >= 15 is 0 Å². The van der Waals surface area contributed by atoms with Gasteiger partial charge in [0.2, 0.25) is 11.8 Å². The van der Waals surface area contributed by atoms with Gasteiger partial charge in [0.05, 0.1) is 0 Å². The number of hydrogen-bond acceptors (Lipinski definition) is 4. The van der Waals surface area contributed by atoms with Gasteiger partial charge in [-0.2, -0.15) is 8.42 Å². The maximum Gasteiger partial charge on any atom is 0.330 e. The third-order valence-corrected chi connectivity index (χ3v) is 4.36. The second-order valence-corrected chi connectivity index (χ2v) is 6.29. The smallest absolute Gasteiger partial charge is 0.273 e. The van der Waals surface area contributed by atoms with Crippen LogP contribution in [0, 0.1) is 11.8 Å². The molecule has 1 rings (SSSR count). The highest BCUT2D eigenvalue weighted by atomic mass is 32.2. The topological polar surface area (TPSA) is 74.8 Å². The van der Waals surface area contributed by atoms with Crippen molar-refractivity contribution < 1.29 is 18.0 Å². The van der Waals surface area contributed by atoms with Gasteiger partial charge in [0.1, 0.15) is 5.92 Å². The van der Waals surface area contributed by atoms with E-state index in [0.29, 0.717) is 15.0 Å². The van der Waals surface area contributed by atoms with Crippen LogP contribution in [0.15, 0.2) is 0 Å². The first kappa shape index (κ1) is 13.0. The summed E-state index contributed by atoms with van der Waals surface area (Å²) in [6.45, 7) is 3.76. The van der Waals surface area contributed by atoms with E-state index in [-0.39, 0.29) is 5.92 Å². The summed E-state index contributed by atoms with van der Waals surface area (Å²) in [6.07, 6.45) is 0.363. The van der Waals surface area contributed by atoms with Crippen LogP contribution in [0.3, 0.4) is 0 Å². The fourth-order valence-corrected chi connectivity index (χ4v) is 2.71. The van der Waals surface area contributed by atoms with Crippen LogP contribution >= 0.6 is 0 Å². The van der Waals surface area contributed by atoms with Crippen LogP contribution in [-0.4, -0.2) is 42.9 Å². The maximum atomic E-state index is 11.7. The summed E-state index contributed by atoms with van der Waals surface area (Å²) in [5.41, 5.74) is 0. The number of carbonyl (C=O) groups excluding carboxylic acids is 2. The minimum absolute atomic E-state index is 0.153. The van der Waals surface area contributed by atoms with Crippen molar-refractivity contribution >= 4 is 22.0 Å². The molecule has 2 amide bonds. The van der Waals surface area contributed by atoms with E-state index in [4.69, 9.17) is 0 Å². The van der Waals surface area contributed by atoms with Gasteiger partial charge in [0, 0.05) is 14.1 Å². The van der Waals surface area contributed by atoms with Crippen LogP contribution in [0.2, 0.25) is 0 Å². The Labute approximate surface area is 95.4 Å². The van der Waals surface area contributed by atoms with Crippen LogP contribution in [0.25, 0.3) is 0 Å². The molecule has 0 aromatic rings. The summed E-state index contributed by atoms with van der Waals surface area (Å²) in [6, 6.07) is 0. The van der Waals surface area contributed by atoms with Crippen LogP contribution in [0.4, 0.5) is 0 Å². The standard InChI is InChI=1S/C9H16N2O4S/c1-6(2)5-7-8(12)10(3)16(14,15)11(4)9(7)13/h6-7H,5H2,1-4H3. The van der Waals surface area contributed by atoms with Gasteiger partial charge in [0.15, 0.2) is 0 Å². The molecule has 7 heteroatoms. The molecule has 1 aliphatic heterocycles. The van der Waals surface area contributed by atoms with E-state index < -0.39 is 27.9 Å². The van der Waals surface area contributed by atoms with Crippen molar-refractivity contribution in [3.63, 3.8) is 0 Å². The van der Waals surface area contributed by atoms with Gasteiger partial charge < -0.3 is 0 Å². The molecule has 0 N–H and O–H groups in total. The van der Waals surface area contributed by atoms with Gasteiger partial charge in [-0.05, 0) is 12.3 Å². The van der Waals surface area contributed by atoms with Gasteiger partial charge in [-0.1, -0.05) is 13.8 Å². The van der Waals surface area contributed by atoms with Crippen molar-refractivity contribution in [2.45, 2.75) is 20.3 Å². The van der Waals surface area contributed by atoms with E-state index in [0.717, 1.165) is 0 Å². The summed E-state index contributed by atoms with van der Waals surface area (Å²) in [5.74, 6) is -2.01. The minimum atomic E-state index is -3.94. The van der Waals surface area contributed by atoms with E-state index in [1.54, 1.807) is 0 Å². The zero-order valence-corrected chi connectivity index (χ0v) is 10.6. The molecule has 0 unspecified atom stereocenters. The second kappa shape index (κ2) is 4.04. The summed E-state index contributed by atoms with van der Waals surface area (Å²) < 4.78 is 24.4. The van der Waals surface area contributed by atoms with Gasteiger partial charge in [-0.15, -0.1) is 0 Å². The number of nitrogens with zero attached hydrogens (tertiary/aromatic N) is 2. The lowest BCUT2D eigenvalue weighted by Gasteiger charge is -2.34. The molecule has 0 atom stereocenters. The Morgan fingerprint density at radius 3 is 1.81 bits per heavy atom. The van der Waals surface area contributed by atoms with Crippen molar-refractivity contribution in [1.29, 1.82) is 0 Å². The first-order chi connectivity index (χ1) is 7.19. The van der Waals surface area contributed by atoms with Crippen LogP contribution in [-0.2, 0) is 19.8 Å². The molecule has 0 aromatic heterocycles. The Kier molecular flexibility index (Phi) is 3.27. The monoisotopic (exact) mass is 248 g/mol. The molecule has 0 aliphatic carbocycles. The highest BCUT2D eigenvalue weighted by Crippen LogP contribution is 2.24. The lowest BCUT2D eigenvalue weighted by Crippen LogP contribution is -2.57. The molecule has 0 spiro atoms. The Bertz CT molecular complexity index is 387. The first-order valence-electron chi connectivity index (χ1n) is 5.00. The van der Waals surface area contributed by atoms with Crippen molar-refractivity contribution in [1.82, 2.24) is 8.61 Å². The van der Waals surface area contributed by atoms with Gasteiger partial charge in [-0.3, -0.25) is 9.59 Å². The minimum Gasteiger partial charge on any atom is -0.273 e. The third-order valence-electron chi connectivity index (χ3n) is 2.62. The highest BCUT2D eigenvalue weighted by Gasteiger charge is 2.46. The number of carbonyl (C=O) groups is 2. The second-order valence-electron chi connectivity index (χ2n) is 4.30. The fraction of sp³-hybridized carbons (Fsp3) is 0.778. The van der Waals surface area contributed by atoms with Crippen molar-refractivity contribution in [3.05, 3.63) is 0 Å². The summed E-state index contributed by atoms with van der Waals surface area (Å²) in [4.78, 5) is 23.5. The Hall–Kier alpha value is -1.11. The predicted octanol–water partition coefficient (Wildman–Crippen LogP) is -0.176. The van der Waals surface area contributed by atoms with Gasteiger partial charge in [-0.25, -0.2) is 8.61 Å². The number of rotatable bonds is 2. The van der Waals surface area contributed by atoms with Crippen LogP contribution < -0.4 is 0 Å². The van der Waals surface area contributed by atoms with Crippen LogP contribution in [0.1, 0.15) is 20.3 Å². The molecular formula is C9H16N2O4S. The highest BCUT2D eigenvalue weighted by molar-refractivity contribution is 7.88. The maximum absolute atomic E-state index is 11.7. The Balaban J connectivity index is 3.09. The van der Waals surface area contributed by atoms with Crippen molar-refractivity contribution in [3.8, 4) is 0 Å². The molecule has 6 nitrogen and oxygen atoms in total. The molecule has 0 bridgehead atoms. The third kappa shape index (κ3) is 1.91. The fourth-order valence-electron chi connectivity index (χ4n) is 1.63. The average Bonchev–Trinajstić information content (AvgIpc) is 2.19. The molecule has 0 radical (unpaired) electrons. The van der Waals surface area contributed by atoms with Crippen LogP contribution in [0.5, 0.6) is 0 Å². The zero-order valence-electron chi connectivity index (χ0n) is 9.80. The molecular weight excluding hydrogens is 232 g/mol. The van der Waals surface area contributed by atoms with Gasteiger partial charge in [0.25, 0.3) is 0 Å². The molecule has 0 saturated carbocycles. The molecule has 92 valence electrons. The summed E-state index contributed by atoms with van der Waals surface area (Å²) >= 11 is 0. The lowest BCUT2D eigenvalue weighted by atomic mass is 9.95. The van der Waals surface area contributed by atoms with Gasteiger partial charge >= 0.3 is 10.2 Å². The zero-order chi connectivity index (χ0) is 12.7.